The lowest BCUT2D eigenvalue weighted by molar-refractivity contribution is 0.660. The summed E-state index contributed by atoms with van der Waals surface area (Å²) in [6, 6.07) is 90.9. The molecule has 3 nitrogen and oxygen atoms in total. The number of hydrogen-bond donors (Lipinski definition) is 0. The summed E-state index contributed by atoms with van der Waals surface area (Å²) in [7, 11) is 0. The van der Waals surface area contributed by atoms with Crippen molar-refractivity contribution in [1.29, 1.82) is 0 Å². The monoisotopic (exact) mass is 869 g/mol. The fraction of sp³-hybridized carbons (Fsp3) is 0.0462. The highest BCUT2D eigenvalue weighted by molar-refractivity contribution is 6.26. The summed E-state index contributed by atoms with van der Waals surface area (Å²) in [4.78, 5) is 4.72. The molecule has 0 aliphatic heterocycles. The molecule has 322 valence electrons. The molecule has 0 saturated heterocycles. The molecule has 68 heavy (non-hydrogen) atoms. The number of hydrogen-bond acceptors (Lipinski definition) is 2. The maximum absolute atomic E-state index is 2.47. The first-order valence-corrected chi connectivity index (χ1v) is 23.6. The SMILES string of the molecule is CC1(C)c2cc(-c3ccc4c5c3ccc3cccc(c35)n4-c3ccccc3)ccc2-c2ccc(N(c3ccc(-c4ccccc4)cc3)c3ccc(N(c4ccccc4)c4ccccc4)cc3)cc21. The molecule has 1 heterocycles. The number of aromatic nitrogens is 1. The molecular weight excluding hydrogens is 823 g/mol. The molecule has 0 atom stereocenters. The molecule has 1 aliphatic carbocycles. The van der Waals surface area contributed by atoms with E-state index in [0.29, 0.717) is 0 Å². The zero-order valence-electron chi connectivity index (χ0n) is 38.0. The van der Waals surface area contributed by atoms with Crippen LogP contribution in [0.15, 0.2) is 249 Å². The Kier molecular flexibility index (Phi) is 9.19. The van der Waals surface area contributed by atoms with Crippen molar-refractivity contribution < 1.29 is 0 Å². The van der Waals surface area contributed by atoms with Gasteiger partial charge in [0.1, 0.15) is 0 Å². The van der Waals surface area contributed by atoms with Gasteiger partial charge in [-0.25, -0.2) is 0 Å². The minimum absolute atomic E-state index is 0.247. The number of benzene rings is 11. The Balaban J connectivity index is 0.905. The molecule has 3 heteroatoms. The highest BCUT2D eigenvalue weighted by Gasteiger charge is 2.36. The topological polar surface area (TPSA) is 11.4 Å². The third-order valence-electron chi connectivity index (χ3n) is 14.3. The number of nitrogens with zero attached hydrogens (tertiary/aromatic N) is 3. The predicted molar refractivity (Wildman–Crippen MR) is 287 cm³/mol. The van der Waals surface area contributed by atoms with E-state index in [9.17, 15) is 0 Å². The molecule has 11 aromatic carbocycles. The van der Waals surface area contributed by atoms with Crippen molar-refractivity contribution in [2.45, 2.75) is 19.3 Å². The third kappa shape index (κ3) is 6.35. The highest BCUT2D eigenvalue weighted by atomic mass is 15.2. The summed E-state index contributed by atoms with van der Waals surface area (Å²) in [6.45, 7) is 4.79. The fourth-order valence-electron chi connectivity index (χ4n) is 11.1. The number of rotatable bonds is 9. The van der Waals surface area contributed by atoms with Crippen LogP contribution in [0.5, 0.6) is 0 Å². The molecule has 13 rings (SSSR count). The Morgan fingerprint density at radius 2 is 0.794 bits per heavy atom. The summed E-state index contributed by atoms with van der Waals surface area (Å²) < 4.78 is 2.42. The molecule has 0 amide bonds. The van der Waals surface area contributed by atoms with Crippen molar-refractivity contribution in [2.75, 3.05) is 9.80 Å². The van der Waals surface area contributed by atoms with Crippen LogP contribution in [0, 0.1) is 0 Å². The van der Waals surface area contributed by atoms with Crippen LogP contribution in [-0.2, 0) is 5.41 Å². The first kappa shape index (κ1) is 39.7. The van der Waals surface area contributed by atoms with Gasteiger partial charge in [-0.05, 0) is 158 Å². The maximum Gasteiger partial charge on any atom is 0.0547 e. The first-order valence-electron chi connectivity index (χ1n) is 23.6. The van der Waals surface area contributed by atoms with E-state index >= 15 is 0 Å². The quantitative estimate of drug-likeness (QED) is 0.134. The van der Waals surface area contributed by atoms with Gasteiger partial charge >= 0.3 is 0 Å². The summed E-state index contributed by atoms with van der Waals surface area (Å²) in [6.07, 6.45) is 0. The van der Waals surface area contributed by atoms with Crippen molar-refractivity contribution >= 4 is 66.7 Å². The number of anilines is 6. The third-order valence-corrected chi connectivity index (χ3v) is 14.3. The predicted octanol–water partition coefficient (Wildman–Crippen LogP) is 18.0. The average Bonchev–Trinajstić information content (AvgIpc) is 3.86. The summed E-state index contributed by atoms with van der Waals surface area (Å²) in [5.74, 6) is 0. The Morgan fingerprint density at radius 3 is 1.44 bits per heavy atom. The van der Waals surface area contributed by atoms with Gasteiger partial charge in [-0.2, -0.15) is 0 Å². The van der Waals surface area contributed by atoms with Gasteiger partial charge in [0.15, 0.2) is 0 Å². The summed E-state index contributed by atoms with van der Waals surface area (Å²) in [5, 5.41) is 5.20. The van der Waals surface area contributed by atoms with E-state index < -0.39 is 0 Å². The lowest BCUT2D eigenvalue weighted by atomic mass is 9.81. The van der Waals surface area contributed by atoms with Gasteiger partial charge < -0.3 is 14.4 Å². The van der Waals surface area contributed by atoms with E-state index in [-0.39, 0.29) is 5.41 Å². The van der Waals surface area contributed by atoms with Crippen molar-refractivity contribution in [3.05, 3.63) is 260 Å². The molecule has 12 aromatic rings. The maximum atomic E-state index is 2.47. The molecule has 0 spiro atoms. The van der Waals surface area contributed by atoms with Crippen LogP contribution in [0.3, 0.4) is 0 Å². The average molecular weight is 870 g/mol. The Labute approximate surface area is 397 Å². The van der Waals surface area contributed by atoms with E-state index in [1.807, 2.05) is 0 Å². The second-order valence-corrected chi connectivity index (χ2v) is 18.6. The minimum atomic E-state index is -0.247. The molecule has 1 aliphatic rings. The van der Waals surface area contributed by atoms with Gasteiger partial charge in [-0.1, -0.05) is 159 Å². The second-order valence-electron chi connectivity index (χ2n) is 18.6. The van der Waals surface area contributed by atoms with Crippen molar-refractivity contribution in [1.82, 2.24) is 4.57 Å². The van der Waals surface area contributed by atoms with E-state index in [4.69, 9.17) is 0 Å². The van der Waals surface area contributed by atoms with Gasteiger partial charge in [-0.3, -0.25) is 0 Å². The number of fused-ring (bicyclic) bond motifs is 3. The summed E-state index contributed by atoms with van der Waals surface area (Å²) in [5.41, 5.74) is 20.2. The molecule has 0 N–H and O–H groups in total. The smallest absolute Gasteiger partial charge is 0.0547 e. The summed E-state index contributed by atoms with van der Waals surface area (Å²) >= 11 is 0. The van der Waals surface area contributed by atoms with E-state index in [1.54, 1.807) is 0 Å². The van der Waals surface area contributed by atoms with E-state index in [1.165, 1.54) is 82.8 Å². The van der Waals surface area contributed by atoms with Gasteiger partial charge in [0.25, 0.3) is 0 Å². The van der Waals surface area contributed by atoms with Gasteiger partial charge in [0.2, 0.25) is 0 Å². The lowest BCUT2D eigenvalue weighted by Gasteiger charge is -2.29. The molecule has 0 radical (unpaired) electrons. The molecule has 1 aromatic heterocycles. The van der Waals surface area contributed by atoms with Gasteiger partial charge in [-0.15, -0.1) is 0 Å². The van der Waals surface area contributed by atoms with Crippen molar-refractivity contribution in [3.8, 4) is 39.1 Å². The van der Waals surface area contributed by atoms with Crippen LogP contribution in [0.2, 0.25) is 0 Å². The van der Waals surface area contributed by atoms with Crippen LogP contribution in [0.1, 0.15) is 25.0 Å². The van der Waals surface area contributed by atoms with Crippen LogP contribution in [0.25, 0.3) is 71.6 Å². The zero-order chi connectivity index (χ0) is 45.3. The van der Waals surface area contributed by atoms with Crippen LogP contribution in [-0.4, -0.2) is 4.57 Å². The molecule has 0 bridgehead atoms. The van der Waals surface area contributed by atoms with Gasteiger partial charge in [0.05, 0.1) is 11.0 Å². The highest BCUT2D eigenvalue weighted by Crippen LogP contribution is 2.53. The van der Waals surface area contributed by atoms with E-state index in [0.717, 1.165) is 34.1 Å². The van der Waals surface area contributed by atoms with Crippen molar-refractivity contribution in [2.24, 2.45) is 0 Å². The molecule has 0 fully saturated rings. The number of para-hydroxylation sites is 3. The zero-order valence-corrected chi connectivity index (χ0v) is 38.0. The molecular formula is C65H47N3. The lowest BCUT2D eigenvalue weighted by Crippen LogP contribution is -2.17. The fourth-order valence-corrected chi connectivity index (χ4v) is 11.1. The first-order chi connectivity index (χ1) is 33.5. The molecule has 0 unspecified atom stereocenters. The Hall–Kier alpha value is -8.66. The minimum Gasteiger partial charge on any atom is -0.311 e. The normalized spacial score (nSPS) is 12.7. The van der Waals surface area contributed by atoms with Crippen LogP contribution >= 0.6 is 0 Å². The Morgan fingerprint density at radius 1 is 0.324 bits per heavy atom. The van der Waals surface area contributed by atoms with Gasteiger partial charge in [0, 0.05) is 56.0 Å². The second kappa shape index (κ2) is 15.8. The van der Waals surface area contributed by atoms with Crippen LogP contribution in [0.4, 0.5) is 34.1 Å². The van der Waals surface area contributed by atoms with E-state index in [2.05, 4.69) is 277 Å². The standard InChI is InChI=1S/C65H47N3/c1-65(2)59-42-47(55-40-41-62-64-58(55)38-28-46-18-15-25-61(63(46)64)68(62)50-23-13-6-14-24-50)29-37-56(59)57-39-36-54(43-60(57)65)67(51-30-26-45(27-31-51)44-16-7-3-8-17-44)53-34-32-52(33-35-53)66(48-19-9-4-10-20-48)49-21-11-5-12-22-49/h3-43H,1-2H3. The largest absolute Gasteiger partial charge is 0.311 e. The molecule has 0 saturated carbocycles. The van der Waals surface area contributed by atoms with Crippen LogP contribution < -0.4 is 9.80 Å². The van der Waals surface area contributed by atoms with Crippen molar-refractivity contribution in [3.63, 3.8) is 0 Å². The Bertz CT molecular complexity index is 3740.